The van der Waals surface area contributed by atoms with E-state index in [0.717, 1.165) is 16.7 Å². The van der Waals surface area contributed by atoms with Crippen molar-refractivity contribution >= 4 is 5.82 Å². The second kappa shape index (κ2) is 4.57. The number of halogens is 1. The fourth-order valence-electron chi connectivity index (χ4n) is 2.06. The third kappa shape index (κ3) is 2.08. The molecule has 1 heterocycles. The Bertz CT molecular complexity index is 704. The number of rotatable bonds is 2. The van der Waals surface area contributed by atoms with E-state index in [-0.39, 0.29) is 5.82 Å². The number of nitrogens with zero attached hydrogens (tertiary/aromatic N) is 1. The molecule has 0 saturated heterocycles. The SMILES string of the molecule is Nc1[nH]ncc1-c1ccc(F)c(-c2ccccc2)c1. The van der Waals surface area contributed by atoms with Gasteiger partial charge >= 0.3 is 0 Å². The maximum Gasteiger partial charge on any atom is 0.131 e. The van der Waals surface area contributed by atoms with Crippen molar-refractivity contribution < 1.29 is 4.39 Å². The van der Waals surface area contributed by atoms with Gasteiger partial charge in [-0.2, -0.15) is 5.10 Å². The Kier molecular flexibility index (Phi) is 2.76. The van der Waals surface area contributed by atoms with Gasteiger partial charge in [-0.05, 0) is 23.3 Å². The summed E-state index contributed by atoms with van der Waals surface area (Å²) in [5.41, 5.74) is 8.79. The molecule has 3 aromatic rings. The van der Waals surface area contributed by atoms with Crippen molar-refractivity contribution in [1.29, 1.82) is 0 Å². The van der Waals surface area contributed by atoms with Gasteiger partial charge in [-0.25, -0.2) is 4.39 Å². The van der Waals surface area contributed by atoms with E-state index < -0.39 is 0 Å². The molecule has 3 rings (SSSR count). The van der Waals surface area contributed by atoms with E-state index in [9.17, 15) is 4.39 Å². The molecule has 0 aliphatic rings. The van der Waals surface area contributed by atoms with Crippen LogP contribution in [0.3, 0.4) is 0 Å². The van der Waals surface area contributed by atoms with Gasteiger partial charge in [0.1, 0.15) is 11.6 Å². The van der Waals surface area contributed by atoms with Crippen LogP contribution in [0.5, 0.6) is 0 Å². The molecule has 3 nitrogen and oxygen atoms in total. The highest BCUT2D eigenvalue weighted by molar-refractivity contribution is 5.78. The molecule has 0 bridgehead atoms. The summed E-state index contributed by atoms with van der Waals surface area (Å²) < 4.78 is 13.9. The fourth-order valence-corrected chi connectivity index (χ4v) is 2.06. The molecular formula is C15H12FN3. The maximum atomic E-state index is 13.9. The van der Waals surface area contributed by atoms with Crippen LogP contribution in [-0.2, 0) is 0 Å². The molecule has 0 amide bonds. The van der Waals surface area contributed by atoms with Crippen LogP contribution in [0.2, 0.25) is 0 Å². The van der Waals surface area contributed by atoms with Crippen molar-refractivity contribution in [3.8, 4) is 22.3 Å². The number of nitrogen functional groups attached to an aromatic ring is 1. The molecule has 1 aromatic heterocycles. The topological polar surface area (TPSA) is 54.7 Å². The number of anilines is 1. The first kappa shape index (κ1) is 11.5. The van der Waals surface area contributed by atoms with E-state index in [2.05, 4.69) is 10.2 Å². The highest BCUT2D eigenvalue weighted by Crippen LogP contribution is 2.30. The quantitative estimate of drug-likeness (QED) is 0.734. The van der Waals surface area contributed by atoms with Crippen molar-refractivity contribution in [3.63, 3.8) is 0 Å². The van der Waals surface area contributed by atoms with Crippen LogP contribution >= 0.6 is 0 Å². The summed E-state index contributed by atoms with van der Waals surface area (Å²) in [6.45, 7) is 0. The number of H-pyrrole nitrogens is 1. The molecule has 94 valence electrons. The molecule has 0 saturated carbocycles. The first-order valence-corrected chi connectivity index (χ1v) is 5.90. The monoisotopic (exact) mass is 253 g/mol. The Morgan fingerprint density at radius 3 is 2.42 bits per heavy atom. The predicted molar refractivity (Wildman–Crippen MR) is 73.8 cm³/mol. The lowest BCUT2D eigenvalue weighted by atomic mass is 10.00. The van der Waals surface area contributed by atoms with E-state index in [4.69, 9.17) is 5.73 Å². The van der Waals surface area contributed by atoms with Gasteiger partial charge in [0.2, 0.25) is 0 Å². The average Bonchev–Trinajstić information content (AvgIpc) is 2.87. The van der Waals surface area contributed by atoms with Gasteiger partial charge in [-0.1, -0.05) is 36.4 Å². The lowest BCUT2D eigenvalue weighted by Crippen LogP contribution is -1.90. The smallest absolute Gasteiger partial charge is 0.131 e. The van der Waals surface area contributed by atoms with Gasteiger partial charge in [0.15, 0.2) is 0 Å². The van der Waals surface area contributed by atoms with Gasteiger partial charge in [0.25, 0.3) is 0 Å². The number of hydrogen-bond acceptors (Lipinski definition) is 2. The summed E-state index contributed by atoms with van der Waals surface area (Å²) in [6.07, 6.45) is 1.64. The molecule has 0 aliphatic carbocycles. The minimum absolute atomic E-state index is 0.253. The van der Waals surface area contributed by atoms with Crippen LogP contribution in [-0.4, -0.2) is 10.2 Å². The maximum absolute atomic E-state index is 13.9. The normalized spacial score (nSPS) is 10.6. The summed E-state index contributed by atoms with van der Waals surface area (Å²) in [7, 11) is 0. The molecule has 0 radical (unpaired) electrons. The van der Waals surface area contributed by atoms with Gasteiger partial charge < -0.3 is 5.73 Å². The zero-order valence-electron chi connectivity index (χ0n) is 10.1. The van der Waals surface area contributed by atoms with Gasteiger partial charge in [-0.3, -0.25) is 5.10 Å². The Hall–Kier alpha value is -2.62. The molecule has 2 aromatic carbocycles. The lowest BCUT2D eigenvalue weighted by molar-refractivity contribution is 0.631. The standard InChI is InChI=1S/C15H12FN3/c16-14-7-6-11(13-9-18-19-15(13)17)8-12(14)10-4-2-1-3-5-10/h1-9H,(H3,17,18,19). The van der Waals surface area contributed by atoms with Crippen molar-refractivity contribution in [2.24, 2.45) is 0 Å². The van der Waals surface area contributed by atoms with Crippen LogP contribution in [0.1, 0.15) is 0 Å². The largest absolute Gasteiger partial charge is 0.384 e. The molecule has 4 heteroatoms. The van der Waals surface area contributed by atoms with Crippen LogP contribution in [0.4, 0.5) is 10.2 Å². The molecule has 0 unspecified atom stereocenters. The van der Waals surface area contributed by atoms with Gasteiger partial charge in [0.05, 0.1) is 6.20 Å². The highest BCUT2D eigenvalue weighted by atomic mass is 19.1. The Balaban J connectivity index is 2.14. The van der Waals surface area contributed by atoms with Gasteiger partial charge in [0, 0.05) is 11.1 Å². The predicted octanol–water partition coefficient (Wildman–Crippen LogP) is 3.47. The van der Waals surface area contributed by atoms with E-state index in [0.29, 0.717) is 11.4 Å². The molecule has 0 fully saturated rings. The van der Waals surface area contributed by atoms with Crippen molar-refractivity contribution in [3.05, 3.63) is 60.5 Å². The van der Waals surface area contributed by atoms with Crippen LogP contribution in [0, 0.1) is 5.82 Å². The zero-order valence-corrected chi connectivity index (χ0v) is 10.1. The number of hydrogen-bond donors (Lipinski definition) is 2. The van der Waals surface area contributed by atoms with E-state index in [1.807, 2.05) is 30.3 Å². The van der Waals surface area contributed by atoms with Crippen LogP contribution < -0.4 is 5.73 Å². The molecular weight excluding hydrogens is 241 g/mol. The third-order valence-corrected chi connectivity index (χ3v) is 3.03. The van der Waals surface area contributed by atoms with Crippen LogP contribution in [0.25, 0.3) is 22.3 Å². The second-order valence-corrected chi connectivity index (χ2v) is 4.26. The van der Waals surface area contributed by atoms with Crippen molar-refractivity contribution in [2.45, 2.75) is 0 Å². The molecule has 19 heavy (non-hydrogen) atoms. The second-order valence-electron chi connectivity index (χ2n) is 4.26. The van der Waals surface area contributed by atoms with Crippen molar-refractivity contribution in [1.82, 2.24) is 10.2 Å². The fraction of sp³-hybridized carbons (Fsp3) is 0. The number of benzene rings is 2. The number of aromatic amines is 1. The number of aromatic nitrogens is 2. The molecule has 0 aliphatic heterocycles. The molecule has 0 spiro atoms. The van der Waals surface area contributed by atoms with E-state index in [1.165, 1.54) is 6.07 Å². The summed E-state index contributed by atoms with van der Waals surface area (Å²) in [6, 6.07) is 14.3. The van der Waals surface area contributed by atoms with Gasteiger partial charge in [-0.15, -0.1) is 0 Å². The van der Waals surface area contributed by atoms with Crippen molar-refractivity contribution in [2.75, 3.05) is 5.73 Å². The number of nitrogens with two attached hydrogens (primary N) is 1. The highest BCUT2D eigenvalue weighted by Gasteiger charge is 2.10. The third-order valence-electron chi connectivity index (χ3n) is 3.03. The average molecular weight is 253 g/mol. The first-order valence-electron chi connectivity index (χ1n) is 5.90. The summed E-state index contributed by atoms with van der Waals surface area (Å²) in [4.78, 5) is 0. The molecule has 0 atom stereocenters. The minimum Gasteiger partial charge on any atom is -0.384 e. The summed E-state index contributed by atoms with van der Waals surface area (Å²) >= 11 is 0. The minimum atomic E-state index is -0.253. The zero-order chi connectivity index (χ0) is 13.2. The lowest BCUT2D eigenvalue weighted by Gasteiger charge is -2.06. The Morgan fingerprint density at radius 2 is 1.74 bits per heavy atom. The molecule has 3 N–H and O–H groups in total. The summed E-state index contributed by atoms with van der Waals surface area (Å²) in [5.74, 6) is 0.225. The van der Waals surface area contributed by atoms with Crippen LogP contribution in [0.15, 0.2) is 54.7 Å². The van der Waals surface area contributed by atoms with E-state index >= 15 is 0 Å². The Labute approximate surface area is 109 Å². The first-order chi connectivity index (χ1) is 9.25. The number of nitrogens with one attached hydrogen (secondary N) is 1. The summed E-state index contributed by atoms with van der Waals surface area (Å²) in [5, 5.41) is 6.55. The van der Waals surface area contributed by atoms with E-state index in [1.54, 1.807) is 18.3 Å². The Morgan fingerprint density at radius 1 is 0.947 bits per heavy atom.